The number of hydrogen-bond donors (Lipinski definition) is 1. The first-order valence-electron chi connectivity index (χ1n) is 15.8. The van der Waals surface area contributed by atoms with E-state index in [-0.39, 0.29) is 24.4 Å². The second-order valence-corrected chi connectivity index (χ2v) is 12.1. The van der Waals surface area contributed by atoms with Crippen molar-refractivity contribution < 1.29 is 28.5 Å². The molecule has 7 rings (SSSR count). The first-order chi connectivity index (χ1) is 21.1. The highest BCUT2D eigenvalue weighted by Crippen LogP contribution is 2.35. The van der Waals surface area contributed by atoms with Gasteiger partial charge in [0, 0.05) is 32.5 Å². The van der Waals surface area contributed by atoms with Crippen LogP contribution in [-0.4, -0.2) is 73.5 Å². The Bertz CT molecular complexity index is 1230. The number of benzene rings is 2. The molecule has 2 amide bonds. The van der Waals surface area contributed by atoms with Crippen molar-refractivity contribution in [2.45, 2.75) is 69.3 Å². The van der Waals surface area contributed by atoms with E-state index in [0.29, 0.717) is 51.3 Å². The fourth-order valence-electron chi connectivity index (χ4n) is 6.80. The number of alkyl carbamates (subject to hydrolysis) is 1. The summed E-state index contributed by atoms with van der Waals surface area (Å²) >= 11 is 0. The maximum atomic E-state index is 13.2. The molecule has 9 nitrogen and oxygen atoms in total. The highest BCUT2D eigenvalue weighted by Gasteiger charge is 2.41. The van der Waals surface area contributed by atoms with E-state index in [1.165, 1.54) is 0 Å². The number of ether oxygens (including phenoxy) is 4. The van der Waals surface area contributed by atoms with Crippen molar-refractivity contribution in [3.8, 4) is 5.75 Å². The van der Waals surface area contributed by atoms with Gasteiger partial charge in [0.1, 0.15) is 24.4 Å². The number of hydrogen-bond acceptors (Lipinski definition) is 7. The molecule has 2 aromatic carbocycles. The van der Waals surface area contributed by atoms with Gasteiger partial charge in [0.15, 0.2) is 0 Å². The molecule has 5 aliphatic rings. The number of amides is 2. The van der Waals surface area contributed by atoms with Gasteiger partial charge in [-0.2, -0.15) is 0 Å². The Morgan fingerprint density at radius 1 is 0.930 bits per heavy atom. The lowest BCUT2D eigenvalue weighted by Crippen LogP contribution is -2.56. The van der Waals surface area contributed by atoms with Gasteiger partial charge in [0.25, 0.3) is 0 Å². The van der Waals surface area contributed by atoms with Crippen LogP contribution < -0.4 is 10.1 Å². The van der Waals surface area contributed by atoms with Crippen LogP contribution in [0, 0.1) is 5.92 Å². The number of aryl methyl sites for hydroxylation is 1. The average Bonchev–Trinajstić information content (AvgIpc) is 3.57. The second kappa shape index (κ2) is 13.7. The standard InChI is InChI=1S/C34H43N3O6/c38-31(13-10-26-8-11-29(12-9-26)40-22-4-7-32-41-23-24-42-32)37-20-16-34(17-21-37,28-5-2-1-3-6-28)35-33(39)43-30-25-36-18-14-27(30)15-19-36/h1-3,5-6,8-9,11-12,23-24,27,30,32H,4,7,10,13-22,25H2,(H,35,39)/t30-/m0/s1. The molecule has 0 saturated carbocycles. The van der Waals surface area contributed by atoms with Crippen molar-refractivity contribution in [3.05, 3.63) is 78.2 Å². The molecule has 2 bridgehead atoms. The number of fused-ring (bicyclic) bond motifs is 3. The third-order valence-corrected chi connectivity index (χ3v) is 9.41. The molecule has 9 heteroatoms. The quantitative estimate of drug-likeness (QED) is 0.371. The topological polar surface area (TPSA) is 89.6 Å². The van der Waals surface area contributed by atoms with Gasteiger partial charge in [-0.05, 0) is 80.8 Å². The van der Waals surface area contributed by atoms with E-state index in [2.05, 4.69) is 22.3 Å². The summed E-state index contributed by atoms with van der Waals surface area (Å²) in [6, 6.07) is 18.1. The van der Waals surface area contributed by atoms with Gasteiger partial charge in [-0.3, -0.25) is 9.69 Å². The normalized spacial score (nSPS) is 24.2. The summed E-state index contributed by atoms with van der Waals surface area (Å²) < 4.78 is 22.4. The molecule has 0 unspecified atom stereocenters. The minimum atomic E-state index is -0.549. The van der Waals surface area contributed by atoms with E-state index in [4.69, 9.17) is 18.9 Å². The van der Waals surface area contributed by atoms with Gasteiger partial charge in [-0.25, -0.2) is 4.79 Å². The van der Waals surface area contributed by atoms with Crippen LogP contribution in [-0.2, 0) is 31.0 Å². The Kier molecular flexibility index (Phi) is 9.36. The first kappa shape index (κ1) is 29.4. The highest BCUT2D eigenvalue weighted by atomic mass is 16.7. The number of carbonyl (C=O) groups is 2. The third-order valence-electron chi connectivity index (χ3n) is 9.41. The van der Waals surface area contributed by atoms with Crippen molar-refractivity contribution >= 4 is 12.0 Å². The lowest BCUT2D eigenvalue weighted by atomic mass is 9.80. The zero-order chi connectivity index (χ0) is 29.5. The summed E-state index contributed by atoms with van der Waals surface area (Å²) in [5, 5.41) is 3.27. The summed E-state index contributed by atoms with van der Waals surface area (Å²) in [5.41, 5.74) is 1.62. The molecule has 5 heterocycles. The van der Waals surface area contributed by atoms with Gasteiger partial charge in [0.2, 0.25) is 12.2 Å². The van der Waals surface area contributed by atoms with Gasteiger partial charge in [-0.1, -0.05) is 42.5 Å². The minimum Gasteiger partial charge on any atom is -0.494 e. The number of nitrogens with zero attached hydrogens (tertiary/aromatic N) is 2. The molecule has 230 valence electrons. The Morgan fingerprint density at radius 2 is 1.65 bits per heavy atom. The molecule has 0 spiro atoms. The van der Waals surface area contributed by atoms with Crippen molar-refractivity contribution in [2.75, 3.05) is 39.3 Å². The summed E-state index contributed by atoms with van der Waals surface area (Å²) in [7, 11) is 0. The number of likely N-dealkylation sites (tertiary alicyclic amines) is 1. The van der Waals surface area contributed by atoms with Crippen LogP contribution in [0.5, 0.6) is 5.75 Å². The van der Waals surface area contributed by atoms with Gasteiger partial charge >= 0.3 is 6.09 Å². The van der Waals surface area contributed by atoms with E-state index in [9.17, 15) is 9.59 Å². The Hall–Kier alpha value is -3.72. The van der Waals surface area contributed by atoms with Gasteiger partial charge < -0.3 is 29.2 Å². The zero-order valence-electron chi connectivity index (χ0n) is 24.8. The van der Waals surface area contributed by atoms with Crippen molar-refractivity contribution in [3.63, 3.8) is 0 Å². The molecule has 0 aliphatic carbocycles. The molecule has 5 aliphatic heterocycles. The summed E-state index contributed by atoms with van der Waals surface area (Å²) in [6.07, 6.45) is 8.77. The summed E-state index contributed by atoms with van der Waals surface area (Å²) in [5.74, 6) is 1.42. The number of rotatable bonds is 11. The van der Waals surface area contributed by atoms with Crippen LogP contribution in [0.2, 0.25) is 0 Å². The molecule has 1 N–H and O–H groups in total. The van der Waals surface area contributed by atoms with E-state index < -0.39 is 5.54 Å². The lowest BCUT2D eigenvalue weighted by molar-refractivity contribution is -0.133. The SMILES string of the molecule is O=C(NC1(c2ccccc2)CCN(C(=O)CCc2ccc(OCCCC3OC=CO3)cc2)CC1)O[C@H]1CN2CCC1CC2. The van der Waals surface area contributed by atoms with Crippen LogP contribution in [0.15, 0.2) is 67.1 Å². The largest absolute Gasteiger partial charge is 0.494 e. The Labute approximate surface area is 254 Å². The van der Waals surface area contributed by atoms with Crippen LogP contribution in [0.3, 0.4) is 0 Å². The molecular formula is C34H43N3O6. The molecule has 4 saturated heterocycles. The molecule has 0 radical (unpaired) electrons. The summed E-state index contributed by atoms with van der Waals surface area (Å²) in [4.78, 5) is 30.7. The fourth-order valence-corrected chi connectivity index (χ4v) is 6.80. The predicted octanol–water partition coefficient (Wildman–Crippen LogP) is 4.96. The van der Waals surface area contributed by atoms with Crippen LogP contribution in [0.1, 0.15) is 56.1 Å². The number of nitrogens with one attached hydrogen (secondary N) is 1. The Balaban J connectivity index is 0.968. The molecule has 0 aromatic heterocycles. The molecule has 2 aromatic rings. The zero-order valence-corrected chi connectivity index (χ0v) is 24.8. The fraction of sp³-hybridized carbons (Fsp3) is 0.529. The smallest absolute Gasteiger partial charge is 0.408 e. The number of piperidine rings is 4. The van der Waals surface area contributed by atoms with E-state index in [1.54, 1.807) is 12.5 Å². The molecule has 1 atom stereocenters. The maximum Gasteiger partial charge on any atom is 0.408 e. The first-order valence-corrected chi connectivity index (χ1v) is 15.8. The van der Waals surface area contributed by atoms with Crippen LogP contribution >= 0.6 is 0 Å². The highest BCUT2D eigenvalue weighted by molar-refractivity contribution is 5.77. The lowest BCUT2D eigenvalue weighted by Gasteiger charge is -2.45. The Morgan fingerprint density at radius 3 is 2.33 bits per heavy atom. The average molecular weight is 590 g/mol. The number of carbonyl (C=O) groups excluding carboxylic acids is 2. The van der Waals surface area contributed by atoms with E-state index in [1.807, 2.05) is 47.4 Å². The maximum absolute atomic E-state index is 13.2. The van der Waals surface area contributed by atoms with E-state index >= 15 is 0 Å². The third kappa shape index (κ3) is 7.44. The second-order valence-electron chi connectivity index (χ2n) is 12.1. The van der Waals surface area contributed by atoms with Crippen molar-refractivity contribution in [1.82, 2.24) is 15.1 Å². The molecule has 4 fully saturated rings. The molecular weight excluding hydrogens is 546 g/mol. The summed E-state index contributed by atoms with van der Waals surface area (Å²) in [6.45, 7) is 4.82. The van der Waals surface area contributed by atoms with Crippen LogP contribution in [0.25, 0.3) is 0 Å². The minimum absolute atomic E-state index is 0.0397. The molecule has 43 heavy (non-hydrogen) atoms. The monoisotopic (exact) mass is 589 g/mol. The predicted molar refractivity (Wildman–Crippen MR) is 161 cm³/mol. The van der Waals surface area contributed by atoms with Crippen molar-refractivity contribution in [1.29, 1.82) is 0 Å². The van der Waals surface area contributed by atoms with Crippen molar-refractivity contribution in [2.24, 2.45) is 5.92 Å². The van der Waals surface area contributed by atoms with Gasteiger partial charge in [0.05, 0.1) is 12.1 Å². The van der Waals surface area contributed by atoms with E-state index in [0.717, 1.165) is 62.2 Å². The van der Waals surface area contributed by atoms with Gasteiger partial charge in [-0.15, -0.1) is 0 Å². The van der Waals surface area contributed by atoms with Crippen LogP contribution in [0.4, 0.5) is 4.79 Å².